The second-order valence-corrected chi connectivity index (χ2v) is 11.7. The van der Waals surface area contributed by atoms with Crippen LogP contribution in [-0.2, 0) is 4.79 Å². The summed E-state index contributed by atoms with van der Waals surface area (Å²) >= 11 is 0. The zero-order valence-corrected chi connectivity index (χ0v) is 27.9. The number of hydrogen-bond acceptors (Lipinski definition) is 10. The number of nitrogens with one attached hydrogen (secondary N) is 3. The van der Waals surface area contributed by atoms with Crippen molar-refractivity contribution < 1.29 is 9.53 Å². The molecule has 13 heteroatoms. The lowest BCUT2D eigenvalue weighted by Crippen LogP contribution is -2.33. The monoisotopic (exact) mass is 639 g/mol. The van der Waals surface area contributed by atoms with Crippen molar-refractivity contribution in [2.45, 2.75) is 53.1 Å². The Kier molecular flexibility index (Phi) is 11.0. The van der Waals surface area contributed by atoms with Gasteiger partial charge in [0, 0.05) is 68.3 Å². The number of aryl methyl sites for hydroxylation is 1. The first-order valence-corrected chi connectivity index (χ1v) is 16.2. The first-order chi connectivity index (χ1) is 22.8. The third-order valence-corrected chi connectivity index (χ3v) is 8.19. The second kappa shape index (κ2) is 15.5. The standard InChI is InChI=1S/C34H45N11O2/c1-6-8-13-45(7-2)29-16-31(40-21-39-29)47-24-12-14-44(19-24)20-30(46)41-27-11-9-10-25-26(18-37-33(25)27)32-22(3)17-38-34(43-32)42-28(35)15-23(4)36-5/h9-11,15-18,21,24,36-37H,6-8,12-14,19-20H2,1-5H3,(H,41,46)(H2,35,38,42,43)/b23-15-/t24-/m0/s1. The van der Waals surface area contributed by atoms with Crippen LogP contribution in [0.4, 0.5) is 17.5 Å². The molecule has 5 rings (SSSR count). The maximum Gasteiger partial charge on any atom is 0.251 e. The Morgan fingerprint density at radius 3 is 2.91 bits per heavy atom. The van der Waals surface area contributed by atoms with Crippen molar-refractivity contribution >= 4 is 40.1 Å². The quantitative estimate of drug-likeness (QED) is 0.114. The van der Waals surface area contributed by atoms with E-state index in [0.29, 0.717) is 23.9 Å². The molecular formula is C34H45N11O2. The molecule has 248 valence electrons. The van der Waals surface area contributed by atoms with Gasteiger partial charge >= 0.3 is 0 Å². The maximum absolute atomic E-state index is 13.2. The smallest absolute Gasteiger partial charge is 0.251 e. The number of carbonyl (C=O) groups excluding carboxylic acids is 1. The van der Waals surface area contributed by atoms with Crippen LogP contribution in [0, 0.1) is 6.92 Å². The van der Waals surface area contributed by atoms with Crippen LogP contribution in [0.3, 0.4) is 0 Å². The van der Waals surface area contributed by atoms with Gasteiger partial charge in [-0.3, -0.25) is 9.69 Å². The predicted octanol–water partition coefficient (Wildman–Crippen LogP) is 4.55. The minimum atomic E-state index is -0.0941. The number of unbranched alkanes of at least 4 members (excludes halogenated alkanes) is 1. The number of anilines is 2. The largest absolute Gasteiger partial charge is 0.473 e. The van der Waals surface area contributed by atoms with E-state index in [4.69, 9.17) is 15.5 Å². The van der Waals surface area contributed by atoms with E-state index in [1.807, 2.05) is 51.4 Å². The summed E-state index contributed by atoms with van der Waals surface area (Å²) in [5.74, 6) is 1.92. The van der Waals surface area contributed by atoms with E-state index in [2.05, 4.69) is 59.2 Å². The second-order valence-electron chi connectivity index (χ2n) is 11.7. The van der Waals surface area contributed by atoms with Crippen molar-refractivity contribution in [3.63, 3.8) is 0 Å². The van der Waals surface area contributed by atoms with Crippen LogP contribution < -0.4 is 26.0 Å². The molecule has 0 unspecified atom stereocenters. The fourth-order valence-corrected chi connectivity index (χ4v) is 5.61. The molecule has 5 N–H and O–H groups in total. The summed E-state index contributed by atoms with van der Waals surface area (Å²) in [7, 11) is 1.82. The molecule has 1 fully saturated rings. The summed E-state index contributed by atoms with van der Waals surface area (Å²) in [6.07, 6.45) is 9.92. The molecule has 0 radical (unpaired) electrons. The summed E-state index contributed by atoms with van der Waals surface area (Å²) in [4.78, 5) is 43.1. The summed E-state index contributed by atoms with van der Waals surface area (Å²) < 4.78 is 6.22. The van der Waals surface area contributed by atoms with Gasteiger partial charge in [-0.1, -0.05) is 25.5 Å². The van der Waals surface area contributed by atoms with Gasteiger partial charge in [0.2, 0.25) is 11.8 Å². The van der Waals surface area contributed by atoms with Crippen LogP contribution in [-0.4, -0.2) is 87.4 Å². The van der Waals surface area contributed by atoms with Gasteiger partial charge in [0.15, 0.2) is 0 Å². The number of aliphatic imine (C=N–C) groups is 1. The highest BCUT2D eigenvalue weighted by molar-refractivity contribution is 6.06. The minimum absolute atomic E-state index is 0.0466. The average Bonchev–Trinajstić information content (AvgIpc) is 3.69. The first kappa shape index (κ1) is 33.3. The number of aromatic amines is 1. The van der Waals surface area contributed by atoms with Crippen LogP contribution in [0.15, 0.2) is 59.8 Å². The molecule has 0 saturated carbocycles. The predicted molar refractivity (Wildman–Crippen MR) is 187 cm³/mol. The van der Waals surface area contributed by atoms with Crippen molar-refractivity contribution in [3.05, 3.63) is 60.3 Å². The van der Waals surface area contributed by atoms with Crippen LogP contribution >= 0.6 is 0 Å². The van der Waals surface area contributed by atoms with Crippen LogP contribution in [0.2, 0.25) is 0 Å². The van der Waals surface area contributed by atoms with Crippen molar-refractivity contribution in [1.29, 1.82) is 0 Å². The molecule has 1 atom stereocenters. The molecule has 1 aliphatic rings. The highest BCUT2D eigenvalue weighted by Gasteiger charge is 2.26. The zero-order valence-electron chi connectivity index (χ0n) is 27.9. The molecular weight excluding hydrogens is 594 g/mol. The van der Waals surface area contributed by atoms with E-state index < -0.39 is 0 Å². The highest BCUT2D eigenvalue weighted by Crippen LogP contribution is 2.33. The van der Waals surface area contributed by atoms with Crippen LogP contribution in [0.1, 0.15) is 45.6 Å². The number of nitrogens with two attached hydrogens (primary N) is 1. The molecule has 47 heavy (non-hydrogen) atoms. The van der Waals surface area contributed by atoms with Gasteiger partial charge in [-0.05, 0) is 51.3 Å². The van der Waals surface area contributed by atoms with Gasteiger partial charge in [0.1, 0.15) is 24.1 Å². The van der Waals surface area contributed by atoms with Crippen molar-refractivity contribution in [2.75, 3.05) is 50.0 Å². The zero-order chi connectivity index (χ0) is 33.3. The normalized spacial score (nSPS) is 15.6. The fraction of sp³-hybridized carbons (Fsp3) is 0.412. The molecule has 1 aromatic carbocycles. The Morgan fingerprint density at radius 1 is 1.28 bits per heavy atom. The molecule has 1 saturated heterocycles. The number of para-hydroxylation sites is 1. The summed E-state index contributed by atoms with van der Waals surface area (Å²) in [6.45, 7) is 11.6. The van der Waals surface area contributed by atoms with E-state index in [9.17, 15) is 4.79 Å². The lowest BCUT2D eigenvalue weighted by molar-refractivity contribution is -0.117. The fourth-order valence-electron chi connectivity index (χ4n) is 5.61. The maximum atomic E-state index is 13.2. The Balaban J connectivity index is 1.23. The van der Waals surface area contributed by atoms with Gasteiger partial charge in [0.25, 0.3) is 5.95 Å². The van der Waals surface area contributed by atoms with Crippen LogP contribution in [0.25, 0.3) is 22.2 Å². The Morgan fingerprint density at radius 2 is 2.13 bits per heavy atom. The third-order valence-electron chi connectivity index (χ3n) is 8.19. The van der Waals surface area contributed by atoms with Gasteiger partial charge in [-0.2, -0.15) is 4.99 Å². The van der Waals surface area contributed by atoms with E-state index in [0.717, 1.165) is 78.1 Å². The molecule has 4 heterocycles. The van der Waals surface area contributed by atoms with Crippen molar-refractivity contribution in [2.24, 2.45) is 10.7 Å². The van der Waals surface area contributed by atoms with E-state index >= 15 is 0 Å². The van der Waals surface area contributed by atoms with Gasteiger partial charge < -0.3 is 31.0 Å². The number of H-pyrrole nitrogens is 1. The van der Waals surface area contributed by atoms with E-state index in [1.165, 1.54) is 0 Å². The molecule has 0 aliphatic carbocycles. The van der Waals surface area contributed by atoms with E-state index in [1.54, 1.807) is 18.6 Å². The number of likely N-dealkylation sites (tertiary alicyclic amines) is 1. The summed E-state index contributed by atoms with van der Waals surface area (Å²) in [5.41, 5.74) is 11.0. The Bertz CT molecular complexity index is 1750. The number of aromatic nitrogens is 5. The molecule has 0 bridgehead atoms. The molecule has 1 aliphatic heterocycles. The number of nitrogens with zero attached hydrogens (tertiary/aromatic N) is 7. The molecule has 1 amide bonds. The number of rotatable bonds is 14. The number of hydrogen-bond donors (Lipinski definition) is 4. The number of benzene rings is 1. The van der Waals surface area contributed by atoms with E-state index in [-0.39, 0.29) is 24.5 Å². The molecule has 4 aromatic rings. The van der Waals surface area contributed by atoms with Crippen molar-refractivity contribution in [3.8, 4) is 17.1 Å². The molecule has 3 aromatic heterocycles. The van der Waals surface area contributed by atoms with Crippen molar-refractivity contribution in [1.82, 2.24) is 35.1 Å². The third kappa shape index (κ3) is 8.41. The molecule has 13 nitrogen and oxygen atoms in total. The lowest BCUT2D eigenvalue weighted by Gasteiger charge is -2.22. The topological polar surface area (TPSA) is 163 Å². The minimum Gasteiger partial charge on any atom is -0.473 e. The molecule has 0 spiro atoms. The number of allylic oxidation sites excluding steroid dienone is 1. The van der Waals surface area contributed by atoms with Gasteiger partial charge in [-0.15, -0.1) is 0 Å². The number of carbonyl (C=O) groups is 1. The van der Waals surface area contributed by atoms with Gasteiger partial charge in [-0.25, -0.2) is 19.9 Å². The first-order valence-electron chi connectivity index (χ1n) is 16.2. The number of amides is 1. The summed E-state index contributed by atoms with van der Waals surface area (Å²) in [6, 6.07) is 7.73. The average molecular weight is 640 g/mol. The Labute approximate surface area is 275 Å². The van der Waals surface area contributed by atoms with Gasteiger partial charge in [0.05, 0.1) is 23.4 Å². The number of ether oxygens (including phenoxy) is 1. The SMILES string of the molecule is CCCCN(CC)c1cc(O[C@H]2CCN(CC(=O)Nc3cccc4c(-c5nc(N=C(N)/C=C(/C)NC)ncc5C)c[nH]c34)C2)ncn1. The number of amidine groups is 1. The number of fused-ring (bicyclic) bond motifs is 1. The summed E-state index contributed by atoms with van der Waals surface area (Å²) in [5, 5.41) is 7.04. The highest BCUT2D eigenvalue weighted by atomic mass is 16.5. The Hall–Kier alpha value is -5.04. The lowest BCUT2D eigenvalue weighted by atomic mass is 10.1. The van der Waals surface area contributed by atoms with Crippen LogP contribution in [0.5, 0.6) is 5.88 Å².